The third-order valence-electron chi connectivity index (χ3n) is 2.76. The lowest BCUT2D eigenvalue weighted by molar-refractivity contribution is 0.102. The van der Waals surface area contributed by atoms with Gasteiger partial charge in [0, 0.05) is 10.4 Å². The maximum Gasteiger partial charge on any atom is 0.259 e. The average Bonchev–Trinajstić information content (AvgIpc) is 3.13. The Kier molecular flexibility index (Phi) is 3.56. The standard InChI is InChI=1S/C12H9BrClN3OS/c13-7-3-4-9(14)8(5-7)10(18)15-12-17-16-11(19-12)6-1-2-6/h3-6H,1-2H2,(H,15,17,18). The molecular weight excluding hydrogens is 350 g/mol. The molecule has 0 saturated heterocycles. The number of hydrogen-bond donors (Lipinski definition) is 1. The van der Waals surface area contributed by atoms with Gasteiger partial charge in [0.05, 0.1) is 10.6 Å². The largest absolute Gasteiger partial charge is 0.296 e. The van der Waals surface area contributed by atoms with E-state index >= 15 is 0 Å². The molecule has 1 heterocycles. The minimum absolute atomic E-state index is 0.273. The van der Waals surface area contributed by atoms with Gasteiger partial charge in [0.2, 0.25) is 5.13 Å². The van der Waals surface area contributed by atoms with Gasteiger partial charge in [-0.25, -0.2) is 0 Å². The maximum absolute atomic E-state index is 12.1. The number of amides is 1. The first kappa shape index (κ1) is 13.0. The van der Waals surface area contributed by atoms with Gasteiger partial charge >= 0.3 is 0 Å². The zero-order valence-corrected chi connectivity index (χ0v) is 12.8. The van der Waals surface area contributed by atoms with Gasteiger partial charge in [0.25, 0.3) is 5.91 Å². The van der Waals surface area contributed by atoms with Gasteiger partial charge in [-0.1, -0.05) is 38.9 Å². The average molecular weight is 359 g/mol. The van der Waals surface area contributed by atoms with Gasteiger partial charge in [0.15, 0.2) is 0 Å². The number of carbonyl (C=O) groups excluding carboxylic acids is 1. The zero-order chi connectivity index (χ0) is 13.4. The van der Waals surface area contributed by atoms with Crippen LogP contribution in [0.4, 0.5) is 5.13 Å². The lowest BCUT2D eigenvalue weighted by atomic mass is 10.2. The van der Waals surface area contributed by atoms with Crippen LogP contribution in [0.1, 0.15) is 34.1 Å². The van der Waals surface area contributed by atoms with E-state index in [1.54, 1.807) is 18.2 Å². The molecule has 19 heavy (non-hydrogen) atoms. The van der Waals surface area contributed by atoms with Crippen LogP contribution >= 0.6 is 38.9 Å². The molecule has 98 valence electrons. The molecule has 0 radical (unpaired) electrons. The summed E-state index contributed by atoms with van der Waals surface area (Å²) in [5.41, 5.74) is 0.416. The molecule has 4 nitrogen and oxygen atoms in total. The van der Waals surface area contributed by atoms with Gasteiger partial charge in [-0.15, -0.1) is 10.2 Å². The van der Waals surface area contributed by atoms with E-state index in [1.165, 1.54) is 24.2 Å². The summed E-state index contributed by atoms with van der Waals surface area (Å²) in [5, 5.41) is 12.7. The number of rotatable bonds is 3. The highest BCUT2D eigenvalue weighted by molar-refractivity contribution is 9.10. The van der Waals surface area contributed by atoms with Crippen molar-refractivity contribution < 1.29 is 4.79 Å². The van der Waals surface area contributed by atoms with Crippen molar-refractivity contribution in [3.05, 3.63) is 38.3 Å². The topological polar surface area (TPSA) is 54.9 Å². The zero-order valence-electron chi connectivity index (χ0n) is 9.69. The van der Waals surface area contributed by atoms with E-state index < -0.39 is 0 Å². The first-order valence-corrected chi connectivity index (χ1v) is 7.72. The molecule has 1 fully saturated rings. The van der Waals surface area contributed by atoms with Gasteiger partial charge in [-0.05, 0) is 31.0 Å². The molecule has 1 saturated carbocycles. The van der Waals surface area contributed by atoms with Crippen molar-refractivity contribution in [1.29, 1.82) is 0 Å². The highest BCUT2D eigenvalue weighted by atomic mass is 79.9. The predicted octanol–water partition coefficient (Wildman–Crippen LogP) is 4.08. The van der Waals surface area contributed by atoms with Crippen LogP contribution in [0.5, 0.6) is 0 Å². The van der Waals surface area contributed by atoms with E-state index in [4.69, 9.17) is 11.6 Å². The Morgan fingerprint density at radius 2 is 2.21 bits per heavy atom. The minimum Gasteiger partial charge on any atom is -0.296 e. The van der Waals surface area contributed by atoms with Gasteiger partial charge in [-0.2, -0.15) is 0 Å². The quantitative estimate of drug-likeness (QED) is 0.899. The molecule has 0 aliphatic heterocycles. The maximum atomic E-state index is 12.1. The van der Waals surface area contributed by atoms with Crippen LogP contribution in [0, 0.1) is 0 Å². The summed E-state index contributed by atoms with van der Waals surface area (Å²) >= 11 is 10.8. The molecule has 1 amide bonds. The van der Waals surface area contributed by atoms with Crippen LogP contribution < -0.4 is 5.32 Å². The lowest BCUT2D eigenvalue weighted by Crippen LogP contribution is -2.12. The minimum atomic E-state index is -0.273. The number of aromatic nitrogens is 2. The normalized spacial score (nSPS) is 14.4. The summed E-state index contributed by atoms with van der Waals surface area (Å²) < 4.78 is 0.804. The van der Waals surface area contributed by atoms with Crippen LogP contribution in [0.25, 0.3) is 0 Å². The summed E-state index contributed by atoms with van der Waals surface area (Å²) in [6.07, 6.45) is 2.33. The molecule has 1 aliphatic carbocycles. The summed E-state index contributed by atoms with van der Waals surface area (Å²) in [5.74, 6) is 0.266. The summed E-state index contributed by atoms with van der Waals surface area (Å²) in [7, 11) is 0. The molecule has 1 N–H and O–H groups in total. The molecule has 1 aromatic heterocycles. The van der Waals surface area contributed by atoms with Crippen LogP contribution in [-0.4, -0.2) is 16.1 Å². The molecular formula is C12H9BrClN3OS. The second-order valence-corrected chi connectivity index (χ2v) is 6.63. The summed E-state index contributed by atoms with van der Waals surface area (Å²) in [6.45, 7) is 0. The van der Waals surface area contributed by atoms with Gasteiger partial charge < -0.3 is 0 Å². The van der Waals surface area contributed by atoms with Crippen LogP contribution in [-0.2, 0) is 0 Å². The van der Waals surface area contributed by atoms with E-state index in [0.29, 0.717) is 21.6 Å². The predicted molar refractivity (Wildman–Crippen MR) is 79.0 cm³/mol. The van der Waals surface area contributed by atoms with Gasteiger partial charge in [-0.3, -0.25) is 10.1 Å². The van der Waals surface area contributed by atoms with E-state index in [1.807, 2.05) is 0 Å². The molecule has 1 aliphatic rings. The Balaban J connectivity index is 1.77. The Labute approximate surface area is 127 Å². The SMILES string of the molecule is O=C(Nc1nnc(C2CC2)s1)c1cc(Br)ccc1Cl. The van der Waals surface area contributed by atoms with Crippen molar-refractivity contribution in [2.45, 2.75) is 18.8 Å². The van der Waals surface area contributed by atoms with Crippen molar-refractivity contribution >= 4 is 49.9 Å². The van der Waals surface area contributed by atoms with E-state index in [0.717, 1.165) is 9.48 Å². The van der Waals surface area contributed by atoms with Crippen molar-refractivity contribution in [2.75, 3.05) is 5.32 Å². The number of anilines is 1. The number of hydrogen-bond acceptors (Lipinski definition) is 4. The highest BCUT2D eigenvalue weighted by Gasteiger charge is 2.27. The molecule has 3 rings (SSSR count). The third-order valence-corrected chi connectivity index (χ3v) is 4.58. The fourth-order valence-corrected chi connectivity index (χ4v) is 3.09. The van der Waals surface area contributed by atoms with Crippen molar-refractivity contribution in [3.8, 4) is 0 Å². The number of benzene rings is 1. The number of nitrogens with one attached hydrogen (secondary N) is 1. The number of carbonyl (C=O) groups is 1. The lowest BCUT2D eigenvalue weighted by Gasteiger charge is -2.04. The van der Waals surface area contributed by atoms with Crippen molar-refractivity contribution in [2.24, 2.45) is 0 Å². The fourth-order valence-electron chi connectivity index (χ4n) is 1.62. The monoisotopic (exact) mass is 357 g/mol. The Morgan fingerprint density at radius 3 is 2.95 bits per heavy atom. The Morgan fingerprint density at radius 1 is 1.42 bits per heavy atom. The second-order valence-electron chi connectivity index (χ2n) is 4.30. The first-order valence-electron chi connectivity index (χ1n) is 5.73. The first-order chi connectivity index (χ1) is 9.13. The smallest absolute Gasteiger partial charge is 0.259 e. The second kappa shape index (κ2) is 5.19. The summed E-state index contributed by atoms with van der Waals surface area (Å²) in [4.78, 5) is 12.1. The fraction of sp³-hybridized carbons (Fsp3) is 0.250. The Bertz CT molecular complexity index is 642. The van der Waals surface area contributed by atoms with E-state index in [2.05, 4.69) is 31.4 Å². The van der Waals surface area contributed by atoms with E-state index in [9.17, 15) is 4.79 Å². The van der Waals surface area contributed by atoms with E-state index in [-0.39, 0.29) is 5.91 Å². The molecule has 7 heteroatoms. The Hall–Kier alpha value is -0.980. The molecule has 0 bridgehead atoms. The molecule has 0 unspecified atom stereocenters. The van der Waals surface area contributed by atoms with Crippen LogP contribution in [0.2, 0.25) is 5.02 Å². The van der Waals surface area contributed by atoms with Crippen LogP contribution in [0.15, 0.2) is 22.7 Å². The molecule has 0 spiro atoms. The van der Waals surface area contributed by atoms with Crippen molar-refractivity contribution in [3.63, 3.8) is 0 Å². The number of halogens is 2. The third kappa shape index (κ3) is 2.96. The number of nitrogens with zero attached hydrogens (tertiary/aromatic N) is 2. The van der Waals surface area contributed by atoms with Crippen molar-refractivity contribution in [1.82, 2.24) is 10.2 Å². The highest BCUT2D eigenvalue weighted by Crippen LogP contribution is 2.42. The summed E-state index contributed by atoms with van der Waals surface area (Å²) in [6, 6.07) is 5.14. The molecule has 2 aromatic rings. The molecule has 0 atom stereocenters. The van der Waals surface area contributed by atoms with Gasteiger partial charge in [0.1, 0.15) is 5.01 Å². The van der Waals surface area contributed by atoms with Crippen LogP contribution in [0.3, 0.4) is 0 Å². The molecule has 1 aromatic carbocycles.